The fourth-order valence-electron chi connectivity index (χ4n) is 3.54. The van der Waals surface area contributed by atoms with Gasteiger partial charge >= 0.3 is 0 Å². The lowest BCUT2D eigenvalue weighted by Gasteiger charge is -2.26. The molecular weight excluding hydrogens is 424 g/mol. The van der Waals surface area contributed by atoms with Gasteiger partial charge in [-0.2, -0.15) is 0 Å². The summed E-state index contributed by atoms with van der Waals surface area (Å²) in [4.78, 5) is 12.2. The average molecular weight is 461 g/mol. The summed E-state index contributed by atoms with van der Waals surface area (Å²) >= 11 is 0. The minimum Gasteiger partial charge on any atom is -0.492 e. The van der Waals surface area contributed by atoms with E-state index in [1.807, 2.05) is 50.2 Å². The number of rotatable bonds is 13. The highest BCUT2D eigenvalue weighted by atomic mass is 32.2. The van der Waals surface area contributed by atoms with Gasteiger partial charge in [0.15, 0.2) is 0 Å². The molecule has 7 heteroatoms. The number of nitrogens with zero attached hydrogens (tertiary/aromatic N) is 1. The van der Waals surface area contributed by atoms with E-state index >= 15 is 0 Å². The number of benzene rings is 2. The molecule has 0 heterocycles. The second kappa shape index (κ2) is 12.5. The van der Waals surface area contributed by atoms with Gasteiger partial charge in [-0.25, -0.2) is 8.42 Å². The molecule has 32 heavy (non-hydrogen) atoms. The Morgan fingerprint density at radius 3 is 2.41 bits per heavy atom. The van der Waals surface area contributed by atoms with E-state index in [0.717, 1.165) is 24.2 Å². The van der Waals surface area contributed by atoms with Crippen LogP contribution in [0, 0.1) is 0 Å². The summed E-state index contributed by atoms with van der Waals surface area (Å²) in [5, 5.41) is 2.83. The van der Waals surface area contributed by atoms with Gasteiger partial charge in [-0.15, -0.1) is 0 Å². The van der Waals surface area contributed by atoms with Gasteiger partial charge in [-0.1, -0.05) is 57.5 Å². The summed E-state index contributed by atoms with van der Waals surface area (Å²) in [6, 6.07) is 15.5. The molecule has 0 saturated carbocycles. The van der Waals surface area contributed by atoms with Crippen molar-refractivity contribution >= 4 is 21.6 Å². The molecule has 0 aliphatic heterocycles. The maximum atomic E-state index is 12.4. The fraction of sp³-hybridized carbons (Fsp3) is 0.480. The molecule has 0 atom stereocenters. The summed E-state index contributed by atoms with van der Waals surface area (Å²) in [5.74, 6) is 0.866. The lowest BCUT2D eigenvalue weighted by Crippen LogP contribution is -2.33. The number of aryl methyl sites for hydroxylation is 1. The number of hydrogen-bond acceptors (Lipinski definition) is 4. The van der Waals surface area contributed by atoms with E-state index in [1.54, 1.807) is 0 Å². The van der Waals surface area contributed by atoms with Crippen LogP contribution >= 0.6 is 0 Å². The van der Waals surface area contributed by atoms with Crippen LogP contribution in [-0.2, 0) is 21.2 Å². The van der Waals surface area contributed by atoms with Crippen LogP contribution in [0.3, 0.4) is 0 Å². The minimum atomic E-state index is -3.45. The number of carbonyl (C=O) groups is 1. The lowest BCUT2D eigenvalue weighted by molar-refractivity contribution is -0.121. The summed E-state index contributed by atoms with van der Waals surface area (Å²) in [5.41, 5.74) is 2.94. The van der Waals surface area contributed by atoms with Gasteiger partial charge in [-0.05, 0) is 48.1 Å². The Morgan fingerprint density at radius 2 is 1.78 bits per heavy atom. The summed E-state index contributed by atoms with van der Waals surface area (Å²) in [6.45, 7) is 7.27. The standard InChI is InChI=1S/C25H36N2O4S/c1-5-9-21-13-15-22(16-14-21)31-19-17-26-25(28)12-8-18-27(32(4,29)30)24-11-7-6-10-23(24)20(2)3/h6-7,10-11,13-16,20H,5,8-9,12,17-19H2,1-4H3,(H,26,28). The second-order valence-corrected chi connectivity index (χ2v) is 10.2. The first kappa shape index (κ1) is 25.7. The van der Waals surface area contributed by atoms with Crippen LogP contribution in [0.5, 0.6) is 5.75 Å². The summed E-state index contributed by atoms with van der Waals surface area (Å²) in [7, 11) is -3.45. The van der Waals surface area contributed by atoms with E-state index in [2.05, 4.69) is 24.4 Å². The van der Waals surface area contributed by atoms with Gasteiger partial charge in [0, 0.05) is 13.0 Å². The van der Waals surface area contributed by atoms with Gasteiger partial charge in [0.1, 0.15) is 12.4 Å². The van der Waals surface area contributed by atoms with E-state index in [0.29, 0.717) is 25.3 Å². The molecule has 2 aromatic carbocycles. The zero-order valence-electron chi connectivity index (χ0n) is 19.6. The van der Waals surface area contributed by atoms with E-state index < -0.39 is 10.0 Å². The molecule has 0 radical (unpaired) electrons. The third kappa shape index (κ3) is 8.19. The van der Waals surface area contributed by atoms with E-state index in [4.69, 9.17) is 4.74 Å². The Kier molecular flexibility index (Phi) is 10.0. The first-order valence-electron chi connectivity index (χ1n) is 11.3. The molecule has 176 valence electrons. The van der Waals surface area contributed by atoms with Crippen LogP contribution in [0.2, 0.25) is 0 Å². The maximum Gasteiger partial charge on any atom is 0.232 e. The van der Waals surface area contributed by atoms with Gasteiger partial charge in [-0.3, -0.25) is 9.10 Å². The highest BCUT2D eigenvalue weighted by Gasteiger charge is 2.21. The van der Waals surface area contributed by atoms with Crippen LogP contribution in [-0.4, -0.2) is 40.3 Å². The van der Waals surface area contributed by atoms with E-state index in [-0.39, 0.29) is 24.8 Å². The number of anilines is 1. The number of ether oxygens (including phenoxy) is 1. The highest BCUT2D eigenvalue weighted by molar-refractivity contribution is 7.92. The predicted molar refractivity (Wildman–Crippen MR) is 131 cm³/mol. The van der Waals surface area contributed by atoms with Crippen LogP contribution in [0.25, 0.3) is 0 Å². The molecule has 0 aliphatic rings. The maximum absolute atomic E-state index is 12.4. The Labute approximate surface area is 193 Å². The minimum absolute atomic E-state index is 0.113. The molecule has 0 aromatic heterocycles. The molecule has 0 unspecified atom stereocenters. The zero-order chi connectivity index (χ0) is 23.6. The van der Waals surface area contributed by atoms with Crippen molar-refractivity contribution in [2.45, 2.75) is 52.4 Å². The first-order chi connectivity index (χ1) is 15.2. The predicted octanol–water partition coefficient (Wildman–Crippen LogP) is 4.50. The van der Waals surface area contributed by atoms with Crippen molar-refractivity contribution in [2.24, 2.45) is 0 Å². The third-order valence-corrected chi connectivity index (χ3v) is 6.33. The monoisotopic (exact) mass is 460 g/mol. The molecule has 2 rings (SSSR count). The summed E-state index contributed by atoms with van der Waals surface area (Å²) < 4.78 is 31.9. The number of sulfonamides is 1. The number of carbonyl (C=O) groups excluding carboxylic acids is 1. The van der Waals surface area contributed by atoms with Crippen molar-refractivity contribution in [3.05, 3.63) is 59.7 Å². The Balaban J connectivity index is 1.79. The largest absolute Gasteiger partial charge is 0.492 e. The topological polar surface area (TPSA) is 75.7 Å². The number of hydrogen-bond donors (Lipinski definition) is 1. The molecule has 1 amide bonds. The van der Waals surface area contributed by atoms with Gasteiger partial charge in [0.2, 0.25) is 15.9 Å². The van der Waals surface area contributed by atoms with Crippen LogP contribution in [0.4, 0.5) is 5.69 Å². The Bertz CT molecular complexity index is 956. The highest BCUT2D eigenvalue weighted by Crippen LogP contribution is 2.29. The smallest absolute Gasteiger partial charge is 0.232 e. The third-order valence-electron chi connectivity index (χ3n) is 5.15. The van der Waals surface area contributed by atoms with Crippen molar-refractivity contribution in [1.82, 2.24) is 5.32 Å². The van der Waals surface area contributed by atoms with Crippen molar-refractivity contribution in [2.75, 3.05) is 30.3 Å². The van der Waals surface area contributed by atoms with Crippen LogP contribution in [0.15, 0.2) is 48.5 Å². The second-order valence-electron chi connectivity index (χ2n) is 8.24. The SMILES string of the molecule is CCCc1ccc(OCCNC(=O)CCCN(c2ccccc2C(C)C)S(C)(=O)=O)cc1. The van der Waals surface area contributed by atoms with E-state index in [9.17, 15) is 13.2 Å². The van der Waals surface area contributed by atoms with Crippen molar-refractivity contribution in [1.29, 1.82) is 0 Å². The van der Waals surface area contributed by atoms with Crippen molar-refractivity contribution in [3.8, 4) is 5.75 Å². The average Bonchev–Trinajstić information content (AvgIpc) is 2.75. The van der Waals surface area contributed by atoms with Crippen molar-refractivity contribution < 1.29 is 17.9 Å². The Hall–Kier alpha value is -2.54. The zero-order valence-corrected chi connectivity index (χ0v) is 20.5. The van der Waals surface area contributed by atoms with Crippen LogP contribution < -0.4 is 14.4 Å². The molecule has 0 saturated heterocycles. The molecule has 0 bridgehead atoms. The lowest BCUT2D eigenvalue weighted by atomic mass is 10.0. The van der Waals surface area contributed by atoms with Gasteiger partial charge in [0.05, 0.1) is 18.5 Å². The molecular formula is C25H36N2O4S. The van der Waals surface area contributed by atoms with Crippen LogP contribution in [0.1, 0.15) is 57.1 Å². The summed E-state index contributed by atoms with van der Waals surface area (Å²) in [6.07, 6.45) is 4.05. The molecule has 6 nitrogen and oxygen atoms in total. The molecule has 0 aliphatic carbocycles. The van der Waals surface area contributed by atoms with Gasteiger partial charge in [0.25, 0.3) is 0 Å². The van der Waals surface area contributed by atoms with Gasteiger partial charge < -0.3 is 10.1 Å². The molecule has 2 aromatic rings. The molecule has 0 spiro atoms. The molecule has 0 fully saturated rings. The van der Waals surface area contributed by atoms with E-state index in [1.165, 1.54) is 16.1 Å². The fourth-order valence-corrected chi connectivity index (χ4v) is 4.52. The first-order valence-corrected chi connectivity index (χ1v) is 13.1. The number of nitrogens with one attached hydrogen (secondary N) is 1. The molecule has 1 N–H and O–H groups in total. The van der Waals surface area contributed by atoms with Crippen molar-refractivity contribution in [3.63, 3.8) is 0 Å². The normalized spacial score (nSPS) is 11.4. The number of para-hydroxylation sites is 1. The quantitative estimate of drug-likeness (QED) is 0.447. The Morgan fingerprint density at radius 1 is 1.09 bits per heavy atom. The number of amides is 1.